The number of rotatable bonds is 8. The molecule has 0 saturated carbocycles. The Morgan fingerprint density at radius 1 is 0.962 bits per heavy atom. The lowest BCUT2D eigenvalue weighted by Crippen LogP contribution is -2.28. The van der Waals surface area contributed by atoms with Crippen LogP contribution in [0.1, 0.15) is 12.5 Å². The molecule has 0 aliphatic carbocycles. The Morgan fingerprint density at radius 2 is 1.65 bits per heavy atom. The van der Waals surface area contributed by atoms with Crippen molar-refractivity contribution in [3.8, 4) is 17.2 Å². The second kappa shape index (κ2) is 9.31. The van der Waals surface area contributed by atoms with Crippen LogP contribution in [0.3, 0.4) is 0 Å². The van der Waals surface area contributed by atoms with Gasteiger partial charge in [-0.15, -0.1) is 0 Å². The second-order valence-electron chi connectivity index (χ2n) is 5.46. The molecule has 7 nitrogen and oxygen atoms in total. The second-order valence-corrected chi connectivity index (χ2v) is 5.46. The Balaban J connectivity index is 1.81. The molecule has 0 aliphatic heterocycles. The number of methoxy groups -OCH3 is 2. The van der Waals surface area contributed by atoms with Crippen molar-refractivity contribution in [1.82, 2.24) is 5.32 Å². The molecule has 0 fully saturated rings. The van der Waals surface area contributed by atoms with E-state index in [1.165, 1.54) is 6.92 Å². The van der Waals surface area contributed by atoms with E-state index in [2.05, 4.69) is 10.6 Å². The predicted octanol–water partition coefficient (Wildman–Crippen LogP) is 2.36. The third-order valence-electron chi connectivity index (χ3n) is 3.48. The Hall–Kier alpha value is -3.22. The lowest BCUT2D eigenvalue weighted by Gasteiger charge is -2.11. The first kappa shape index (κ1) is 19.1. The molecule has 0 aromatic heterocycles. The molecule has 0 heterocycles. The largest absolute Gasteiger partial charge is 0.493 e. The first-order valence-corrected chi connectivity index (χ1v) is 8.00. The Kier molecular flexibility index (Phi) is 6.84. The molecular formula is C19H22N2O5. The highest BCUT2D eigenvalue weighted by molar-refractivity contribution is 5.88. The summed E-state index contributed by atoms with van der Waals surface area (Å²) in [4.78, 5) is 22.9. The summed E-state index contributed by atoms with van der Waals surface area (Å²) in [5.74, 6) is 1.39. The van der Waals surface area contributed by atoms with Crippen LogP contribution in [0.5, 0.6) is 17.2 Å². The fourth-order valence-corrected chi connectivity index (χ4v) is 2.23. The van der Waals surface area contributed by atoms with E-state index >= 15 is 0 Å². The van der Waals surface area contributed by atoms with Gasteiger partial charge in [0.25, 0.3) is 5.91 Å². The summed E-state index contributed by atoms with van der Waals surface area (Å²) < 4.78 is 15.8. The SMILES string of the molecule is COc1ccc(CNC(=O)COc2ccc(NC(C)=O)cc2)cc1OC. The fraction of sp³-hybridized carbons (Fsp3) is 0.263. The van der Waals surface area contributed by atoms with Crippen LogP contribution in [0.25, 0.3) is 0 Å². The van der Waals surface area contributed by atoms with Crippen LogP contribution in [0.2, 0.25) is 0 Å². The average molecular weight is 358 g/mol. The normalized spacial score (nSPS) is 9.96. The van der Waals surface area contributed by atoms with Crippen LogP contribution >= 0.6 is 0 Å². The van der Waals surface area contributed by atoms with Gasteiger partial charge in [-0.25, -0.2) is 0 Å². The quantitative estimate of drug-likeness (QED) is 0.757. The van der Waals surface area contributed by atoms with Crippen molar-refractivity contribution >= 4 is 17.5 Å². The van der Waals surface area contributed by atoms with E-state index in [9.17, 15) is 9.59 Å². The van der Waals surface area contributed by atoms with Crippen molar-refractivity contribution in [2.75, 3.05) is 26.1 Å². The first-order chi connectivity index (χ1) is 12.5. The molecule has 2 amide bonds. The van der Waals surface area contributed by atoms with Gasteiger partial charge >= 0.3 is 0 Å². The fourth-order valence-electron chi connectivity index (χ4n) is 2.23. The summed E-state index contributed by atoms with van der Waals surface area (Å²) in [7, 11) is 3.13. The summed E-state index contributed by atoms with van der Waals surface area (Å²) in [5.41, 5.74) is 1.55. The lowest BCUT2D eigenvalue weighted by molar-refractivity contribution is -0.123. The smallest absolute Gasteiger partial charge is 0.258 e. The molecule has 2 aromatic carbocycles. The van der Waals surface area contributed by atoms with Gasteiger partial charge in [0.1, 0.15) is 5.75 Å². The lowest BCUT2D eigenvalue weighted by atomic mass is 10.2. The van der Waals surface area contributed by atoms with Crippen LogP contribution < -0.4 is 24.8 Å². The number of carbonyl (C=O) groups excluding carboxylic acids is 2. The maximum atomic E-state index is 11.9. The zero-order valence-electron chi connectivity index (χ0n) is 15.0. The number of hydrogen-bond acceptors (Lipinski definition) is 5. The number of benzene rings is 2. The molecule has 0 unspecified atom stereocenters. The summed E-state index contributed by atoms with van der Waals surface area (Å²) in [6.07, 6.45) is 0. The highest BCUT2D eigenvalue weighted by Crippen LogP contribution is 2.27. The monoisotopic (exact) mass is 358 g/mol. The predicted molar refractivity (Wildman–Crippen MR) is 97.6 cm³/mol. The van der Waals surface area contributed by atoms with Gasteiger partial charge in [-0.05, 0) is 42.0 Å². The van der Waals surface area contributed by atoms with Gasteiger partial charge in [-0.2, -0.15) is 0 Å². The Labute approximate surface area is 152 Å². The van der Waals surface area contributed by atoms with Crippen molar-refractivity contribution in [1.29, 1.82) is 0 Å². The summed E-state index contributed by atoms with van der Waals surface area (Å²) >= 11 is 0. The van der Waals surface area contributed by atoms with E-state index in [0.717, 1.165) is 5.56 Å². The van der Waals surface area contributed by atoms with Gasteiger partial charge < -0.3 is 24.8 Å². The molecule has 138 valence electrons. The zero-order chi connectivity index (χ0) is 18.9. The standard InChI is InChI=1S/C19H22N2O5/c1-13(22)21-15-5-7-16(8-6-15)26-12-19(23)20-11-14-4-9-17(24-2)18(10-14)25-3/h4-10H,11-12H2,1-3H3,(H,20,23)(H,21,22). The van der Waals surface area contributed by atoms with Crippen LogP contribution in [0.4, 0.5) is 5.69 Å². The van der Waals surface area contributed by atoms with E-state index in [1.807, 2.05) is 6.07 Å². The molecule has 0 spiro atoms. The van der Waals surface area contributed by atoms with Crippen molar-refractivity contribution in [3.05, 3.63) is 48.0 Å². The number of amides is 2. The van der Waals surface area contributed by atoms with E-state index < -0.39 is 0 Å². The number of ether oxygens (including phenoxy) is 3. The Bertz CT molecular complexity index is 759. The third kappa shape index (κ3) is 5.70. The number of nitrogens with one attached hydrogen (secondary N) is 2. The molecule has 2 aromatic rings. The molecule has 26 heavy (non-hydrogen) atoms. The summed E-state index contributed by atoms with van der Waals surface area (Å²) in [6.45, 7) is 1.68. The minimum absolute atomic E-state index is 0.104. The first-order valence-electron chi connectivity index (χ1n) is 8.00. The van der Waals surface area contributed by atoms with E-state index in [1.54, 1.807) is 50.6 Å². The molecule has 0 aliphatic rings. The van der Waals surface area contributed by atoms with Crippen LogP contribution in [-0.2, 0) is 16.1 Å². The topological polar surface area (TPSA) is 85.9 Å². The highest BCUT2D eigenvalue weighted by Gasteiger charge is 2.07. The molecule has 7 heteroatoms. The molecule has 0 bridgehead atoms. The number of anilines is 1. The van der Waals surface area contributed by atoms with Crippen LogP contribution in [0.15, 0.2) is 42.5 Å². The average Bonchev–Trinajstić information content (AvgIpc) is 2.65. The molecule has 0 radical (unpaired) electrons. The number of hydrogen-bond donors (Lipinski definition) is 2. The highest BCUT2D eigenvalue weighted by atomic mass is 16.5. The van der Waals surface area contributed by atoms with E-state index in [0.29, 0.717) is 29.5 Å². The molecule has 2 N–H and O–H groups in total. The maximum absolute atomic E-state index is 11.9. The van der Waals surface area contributed by atoms with Gasteiger partial charge in [0.2, 0.25) is 5.91 Å². The van der Waals surface area contributed by atoms with Gasteiger partial charge in [0.15, 0.2) is 18.1 Å². The molecule has 0 saturated heterocycles. The van der Waals surface area contributed by atoms with E-state index in [4.69, 9.17) is 14.2 Å². The third-order valence-corrected chi connectivity index (χ3v) is 3.48. The number of carbonyl (C=O) groups is 2. The Morgan fingerprint density at radius 3 is 2.27 bits per heavy atom. The van der Waals surface area contributed by atoms with Gasteiger partial charge in [0.05, 0.1) is 14.2 Å². The van der Waals surface area contributed by atoms with Crippen molar-refractivity contribution in [2.45, 2.75) is 13.5 Å². The zero-order valence-corrected chi connectivity index (χ0v) is 15.0. The molecular weight excluding hydrogens is 336 g/mol. The minimum Gasteiger partial charge on any atom is -0.493 e. The van der Waals surface area contributed by atoms with Crippen molar-refractivity contribution in [3.63, 3.8) is 0 Å². The van der Waals surface area contributed by atoms with E-state index in [-0.39, 0.29) is 18.4 Å². The minimum atomic E-state index is -0.245. The van der Waals surface area contributed by atoms with Gasteiger partial charge in [0, 0.05) is 19.2 Å². The van der Waals surface area contributed by atoms with Crippen molar-refractivity contribution in [2.24, 2.45) is 0 Å². The maximum Gasteiger partial charge on any atom is 0.258 e. The molecule has 0 atom stereocenters. The van der Waals surface area contributed by atoms with Gasteiger partial charge in [-0.1, -0.05) is 6.07 Å². The summed E-state index contributed by atoms with van der Waals surface area (Å²) in [5, 5.41) is 5.44. The van der Waals surface area contributed by atoms with Crippen molar-refractivity contribution < 1.29 is 23.8 Å². The van der Waals surface area contributed by atoms with Crippen LogP contribution in [-0.4, -0.2) is 32.6 Å². The molecule has 2 rings (SSSR count). The van der Waals surface area contributed by atoms with Gasteiger partial charge in [-0.3, -0.25) is 9.59 Å². The summed E-state index contributed by atoms with van der Waals surface area (Å²) in [6, 6.07) is 12.2. The van der Waals surface area contributed by atoms with Crippen LogP contribution in [0, 0.1) is 0 Å².